The third kappa shape index (κ3) is 3.41. The molecule has 1 unspecified atom stereocenters. The molecule has 3 rings (SSSR count). The predicted molar refractivity (Wildman–Crippen MR) is 94.4 cm³/mol. The van der Waals surface area contributed by atoms with Crippen molar-refractivity contribution in [1.29, 1.82) is 0 Å². The van der Waals surface area contributed by atoms with Crippen LogP contribution in [0.3, 0.4) is 0 Å². The zero-order valence-corrected chi connectivity index (χ0v) is 15.5. The van der Waals surface area contributed by atoms with Crippen LogP contribution in [0.4, 0.5) is 0 Å². The molecule has 7 heteroatoms. The van der Waals surface area contributed by atoms with Crippen molar-refractivity contribution in [1.82, 2.24) is 24.2 Å². The second-order valence-corrected chi connectivity index (χ2v) is 6.65. The van der Waals surface area contributed by atoms with Crippen molar-refractivity contribution in [2.24, 2.45) is 7.05 Å². The quantitative estimate of drug-likeness (QED) is 0.806. The van der Waals surface area contributed by atoms with Crippen LogP contribution in [-0.4, -0.2) is 43.8 Å². The Balaban J connectivity index is 1.67. The molecule has 0 bridgehead atoms. The molecule has 0 spiro atoms. The Labute approximate surface area is 148 Å². The molecule has 1 saturated heterocycles. The van der Waals surface area contributed by atoms with Gasteiger partial charge in [0.2, 0.25) is 11.8 Å². The lowest BCUT2D eigenvalue weighted by molar-refractivity contribution is -0.132. The zero-order chi connectivity index (χ0) is 18.0. The SMILES string of the molecule is COc1c(C2CCCN2C(=O)CCCn2ccnc2C)c(C)nn1C. The number of rotatable bonds is 6. The number of imidazole rings is 1. The maximum Gasteiger partial charge on any atom is 0.223 e. The summed E-state index contributed by atoms with van der Waals surface area (Å²) in [7, 11) is 3.54. The van der Waals surface area contributed by atoms with E-state index in [1.54, 1.807) is 18.0 Å². The molecule has 136 valence electrons. The number of methoxy groups -OCH3 is 1. The molecular weight excluding hydrogens is 318 g/mol. The van der Waals surface area contributed by atoms with Crippen LogP contribution in [0.5, 0.6) is 5.88 Å². The molecule has 0 radical (unpaired) electrons. The van der Waals surface area contributed by atoms with E-state index in [1.807, 2.05) is 32.0 Å². The number of ether oxygens (including phenoxy) is 1. The summed E-state index contributed by atoms with van der Waals surface area (Å²) in [6, 6.07) is 0.0751. The van der Waals surface area contributed by atoms with Crippen LogP contribution in [0, 0.1) is 13.8 Å². The number of carbonyl (C=O) groups excluding carboxylic acids is 1. The zero-order valence-electron chi connectivity index (χ0n) is 15.5. The van der Waals surface area contributed by atoms with Gasteiger partial charge in [0.15, 0.2) is 0 Å². The lowest BCUT2D eigenvalue weighted by atomic mass is 10.0. The fourth-order valence-corrected chi connectivity index (χ4v) is 3.83. The van der Waals surface area contributed by atoms with Crippen molar-refractivity contribution >= 4 is 5.91 Å². The monoisotopic (exact) mass is 345 g/mol. The second kappa shape index (κ2) is 7.29. The van der Waals surface area contributed by atoms with Crippen molar-refractivity contribution in [3.8, 4) is 5.88 Å². The molecular formula is C18H27N5O2. The Bertz CT molecular complexity index is 749. The standard InChI is InChI=1S/C18H27N5O2/c1-13-17(18(25-4)21(3)20-13)15-7-5-11-23(15)16(24)8-6-10-22-12-9-19-14(22)2/h9,12,15H,5-8,10-11H2,1-4H3. The molecule has 1 aliphatic rings. The number of hydrogen-bond donors (Lipinski definition) is 0. The number of amides is 1. The van der Waals surface area contributed by atoms with Crippen LogP contribution in [0.25, 0.3) is 0 Å². The topological polar surface area (TPSA) is 65.2 Å². The van der Waals surface area contributed by atoms with Crippen LogP contribution < -0.4 is 4.74 Å². The molecule has 0 aliphatic carbocycles. The van der Waals surface area contributed by atoms with Gasteiger partial charge in [-0.3, -0.25) is 4.79 Å². The lowest BCUT2D eigenvalue weighted by Crippen LogP contribution is -2.31. The molecule has 1 amide bonds. The van der Waals surface area contributed by atoms with Gasteiger partial charge in [0.05, 0.1) is 24.4 Å². The number of aromatic nitrogens is 4. The third-order valence-corrected chi connectivity index (χ3v) is 5.03. The summed E-state index contributed by atoms with van der Waals surface area (Å²) >= 11 is 0. The fraction of sp³-hybridized carbons (Fsp3) is 0.611. The highest BCUT2D eigenvalue weighted by molar-refractivity contribution is 5.77. The highest BCUT2D eigenvalue weighted by Crippen LogP contribution is 2.39. The molecule has 0 saturated carbocycles. The van der Waals surface area contributed by atoms with Crippen molar-refractivity contribution in [2.75, 3.05) is 13.7 Å². The number of hydrogen-bond acceptors (Lipinski definition) is 4. The van der Waals surface area contributed by atoms with Crippen LogP contribution >= 0.6 is 0 Å². The van der Waals surface area contributed by atoms with Gasteiger partial charge < -0.3 is 14.2 Å². The van der Waals surface area contributed by atoms with Gasteiger partial charge in [0.1, 0.15) is 5.82 Å². The molecule has 2 aromatic rings. The number of likely N-dealkylation sites (tertiary alicyclic amines) is 1. The summed E-state index contributed by atoms with van der Waals surface area (Å²) in [5.74, 6) is 1.96. The van der Waals surface area contributed by atoms with Gasteiger partial charge in [-0.2, -0.15) is 5.10 Å². The van der Waals surface area contributed by atoms with E-state index in [4.69, 9.17) is 4.74 Å². The number of nitrogens with zero attached hydrogens (tertiary/aromatic N) is 5. The fourth-order valence-electron chi connectivity index (χ4n) is 3.83. The van der Waals surface area contributed by atoms with Crippen LogP contribution in [-0.2, 0) is 18.4 Å². The smallest absolute Gasteiger partial charge is 0.223 e. The first-order valence-corrected chi connectivity index (χ1v) is 8.87. The van der Waals surface area contributed by atoms with Gasteiger partial charge in [-0.05, 0) is 33.1 Å². The summed E-state index contributed by atoms with van der Waals surface area (Å²) in [6.45, 7) is 5.60. The van der Waals surface area contributed by atoms with E-state index in [0.717, 1.165) is 55.3 Å². The molecule has 0 aromatic carbocycles. The Morgan fingerprint density at radius 2 is 2.20 bits per heavy atom. The third-order valence-electron chi connectivity index (χ3n) is 5.03. The van der Waals surface area contributed by atoms with Gasteiger partial charge in [-0.25, -0.2) is 9.67 Å². The van der Waals surface area contributed by atoms with E-state index in [-0.39, 0.29) is 11.9 Å². The number of carbonyl (C=O) groups is 1. The van der Waals surface area contributed by atoms with Gasteiger partial charge in [-0.1, -0.05) is 0 Å². The van der Waals surface area contributed by atoms with Gasteiger partial charge >= 0.3 is 0 Å². The van der Waals surface area contributed by atoms with E-state index in [9.17, 15) is 4.79 Å². The highest BCUT2D eigenvalue weighted by atomic mass is 16.5. The molecule has 0 N–H and O–H groups in total. The molecule has 1 atom stereocenters. The highest BCUT2D eigenvalue weighted by Gasteiger charge is 2.34. The van der Waals surface area contributed by atoms with Crippen LogP contribution in [0.2, 0.25) is 0 Å². The average molecular weight is 345 g/mol. The Morgan fingerprint density at radius 1 is 1.40 bits per heavy atom. The Morgan fingerprint density at radius 3 is 2.88 bits per heavy atom. The summed E-state index contributed by atoms with van der Waals surface area (Å²) in [6.07, 6.45) is 7.12. The Kier molecular flexibility index (Phi) is 5.11. The minimum Gasteiger partial charge on any atom is -0.481 e. The molecule has 1 fully saturated rings. The lowest BCUT2D eigenvalue weighted by Gasteiger charge is -2.25. The molecule has 1 aliphatic heterocycles. The predicted octanol–water partition coefficient (Wildman–Crippen LogP) is 2.39. The first-order chi connectivity index (χ1) is 12.0. The normalized spacial score (nSPS) is 17.3. The molecule has 25 heavy (non-hydrogen) atoms. The van der Waals surface area contributed by atoms with Crippen molar-refractivity contribution < 1.29 is 9.53 Å². The first-order valence-electron chi connectivity index (χ1n) is 8.87. The van der Waals surface area contributed by atoms with E-state index in [2.05, 4.69) is 14.6 Å². The summed E-state index contributed by atoms with van der Waals surface area (Å²) in [4.78, 5) is 19.0. The largest absolute Gasteiger partial charge is 0.481 e. The van der Waals surface area contributed by atoms with Gasteiger partial charge in [0, 0.05) is 39.0 Å². The molecule has 2 aromatic heterocycles. The molecule has 7 nitrogen and oxygen atoms in total. The van der Waals surface area contributed by atoms with Crippen molar-refractivity contribution in [3.05, 3.63) is 29.5 Å². The van der Waals surface area contributed by atoms with Gasteiger partial charge in [0.25, 0.3) is 0 Å². The Hall–Kier alpha value is -2.31. The maximum absolute atomic E-state index is 12.8. The number of aryl methyl sites for hydroxylation is 4. The first kappa shape index (κ1) is 17.5. The summed E-state index contributed by atoms with van der Waals surface area (Å²) in [5, 5.41) is 4.47. The minimum atomic E-state index is 0.0751. The van der Waals surface area contributed by atoms with E-state index < -0.39 is 0 Å². The van der Waals surface area contributed by atoms with E-state index >= 15 is 0 Å². The minimum absolute atomic E-state index is 0.0751. The van der Waals surface area contributed by atoms with E-state index in [0.29, 0.717) is 6.42 Å². The second-order valence-electron chi connectivity index (χ2n) is 6.65. The summed E-state index contributed by atoms with van der Waals surface area (Å²) in [5.41, 5.74) is 2.00. The summed E-state index contributed by atoms with van der Waals surface area (Å²) < 4.78 is 9.38. The molecule has 3 heterocycles. The van der Waals surface area contributed by atoms with Crippen LogP contribution in [0.1, 0.15) is 48.8 Å². The van der Waals surface area contributed by atoms with Crippen LogP contribution in [0.15, 0.2) is 12.4 Å². The van der Waals surface area contributed by atoms with Gasteiger partial charge in [-0.15, -0.1) is 0 Å². The van der Waals surface area contributed by atoms with E-state index in [1.165, 1.54) is 0 Å². The van der Waals surface area contributed by atoms with Crippen molar-refractivity contribution in [3.63, 3.8) is 0 Å². The van der Waals surface area contributed by atoms with Crippen molar-refractivity contribution in [2.45, 2.75) is 52.1 Å². The maximum atomic E-state index is 12.8. The average Bonchev–Trinajstić information content (AvgIpc) is 3.26.